The molecule has 0 aromatic heterocycles. The second kappa shape index (κ2) is 10.4. The average molecular weight is 394 g/mol. The molecule has 0 aliphatic rings. The minimum Gasteiger partial charge on any atom is -0.480 e. The lowest BCUT2D eigenvalue weighted by Gasteiger charge is -2.19. The number of nitrogens with one attached hydrogen (secondary N) is 1. The number of carboxylic acid groups (broad SMARTS) is 1. The van der Waals surface area contributed by atoms with Crippen molar-refractivity contribution in [2.45, 2.75) is 52.6 Å². The molecule has 0 heterocycles. The maximum absolute atomic E-state index is 12.3. The second-order valence-corrected chi connectivity index (χ2v) is 6.81. The lowest BCUT2D eigenvalue weighted by atomic mass is 10.0. The minimum absolute atomic E-state index is 0.0241. The standard InChI is InChI=1S/C19H26N2O7/c1-10(2)7-15(19(25)26)21-18(24)14(20)8-13-5-6-16(27-11(3)22)17(9-13)28-12(4)23/h5-6,9-10,14-15H,7-8,20H2,1-4H3,(H,21,24)(H,25,26)/t14-,15-/m0/s1. The van der Waals surface area contributed by atoms with E-state index in [1.54, 1.807) is 6.07 Å². The molecule has 0 saturated carbocycles. The molecule has 1 aromatic carbocycles. The fourth-order valence-corrected chi connectivity index (χ4v) is 2.47. The Hall–Kier alpha value is -2.94. The molecule has 0 fully saturated rings. The van der Waals surface area contributed by atoms with Crippen molar-refractivity contribution >= 4 is 23.8 Å². The number of aliphatic carboxylic acids is 1. The monoisotopic (exact) mass is 394 g/mol. The zero-order chi connectivity index (χ0) is 21.4. The molecule has 0 bridgehead atoms. The Morgan fingerprint density at radius 3 is 2.14 bits per heavy atom. The van der Waals surface area contributed by atoms with Gasteiger partial charge in [0.2, 0.25) is 5.91 Å². The van der Waals surface area contributed by atoms with E-state index in [-0.39, 0.29) is 30.3 Å². The van der Waals surface area contributed by atoms with Crippen molar-refractivity contribution < 1.29 is 33.8 Å². The maximum atomic E-state index is 12.3. The Balaban J connectivity index is 2.90. The lowest BCUT2D eigenvalue weighted by Crippen LogP contribution is -2.49. The van der Waals surface area contributed by atoms with Crippen molar-refractivity contribution in [3.05, 3.63) is 23.8 Å². The SMILES string of the molecule is CC(=O)Oc1ccc(C[C@H](N)C(=O)N[C@@H](CC(C)C)C(=O)O)cc1OC(C)=O. The van der Waals surface area contributed by atoms with E-state index in [4.69, 9.17) is 15.2 Å². The number of benzene rings is 1. The van der Waals surface area contributed by atoms with Crippen molar-refractivity contribution in [1.29, 1.82) is 0 Å². The first-order chi connectivity index (χ1) is 13.0. The lowest BCUT2D eigenvalue weighted by molar-refractivity contribution is -0.142. The zero-order valence-electron chi connectivity index (χ0n) is 16.4. The topological polar surface area (TPSA) is 145 Å². The molecule has 0 aliphatic carbocycles. The molecule has 1 aromatic rings. The van der Waals surface area contributed by atoms with Crippen LogP contribution in [0.5, 0.6) is 11.5 Å². The molecule has 1 amide bonds. The molecule has 28 heavy (non-hydrogen) atoms. The normalized spacial score (nSPS) is 12.8. The van der Waals surface area contributed by atoms with E-state index >= 15 is 0 Å². The summed E-state index contributed by atoms with van der Waals surface area (Å²) < 4.78 is 10.0. The van der Waals surface area contributed by atoms with Gasteiger partial charge in [0.25, 0.3) is 0 Å². The van der Waals surface area contributed by atoms with Gasteiger partial charge in [0, 0.05) is 13.8 Å². The molecular formula is C19H26N2O7. The largest absolute Gasteiger partial charge is 0.480 e. The van der Waals surface area contributed by atoms with E-state index in [1.807, 2.05) is 13.8 Å². The number of hydrogen-bond acceptors (Lipinski definition) is 7. The van der Waals surface area contributed by atoms with Crippen LogP contribution in [0.3, 0.4) is 0 Å². The van der Waals surface area contributed by atoms with Crippen LogP contribution < -0.4 is 20.5 Å². The van der Waals surface area contributed by atoms with E-state index in [9.17, 15) is 24.3 Å². The molecule has 2 atom stereocenters. The first kappa shape index (κ1) is 23.1. The van der Waals surface area contributed by atoms with Crippen molar-refractivity contribution in [3.8, 4) is 11.5 Å². The smallest absolute Gasteiger partial charge is 0.326 e. The van der Waals surface area contributed by atoms with Gasteiger partial charge in [0.15, 0.2) is 11.5 Å². The summed E-state index contributed by atoms with van der Waals surface area (Å²) in [7, 11) is 0. The van der Waals surface area contributed by atoms with Crippen LogP contribution in [0, 0.1) is 5.92 Å². The molecule has 0 spiro atoms. The molecular weight excluding hydrogens is 368 g/mol. The summed E-state index contributed by atoms with van der Waals surface area (Å²) in [4.78, 5) is 46.0. The number of rotatable bonds is 9. The van der Waals surface area contributed by atoms with Crippen molar-refractivity contribution in [2.24, 2.45) is 11.7 Å². The number of carboxylic acids is 1. The van der Waals surface area contributed by atoms with Crippen LogP contribution in [0.1, 0.15) is 39.7 Å². The van der Waals surface area contributed by atoms with Crippen LogP contribution in [0.2, 0.25) is 0 Å². The van der Waals surface area contributed by atoms with Crippen LogP contribution in [0.15, 0.2) is 18.2 Å². The molecule has 0 radical (unpaired) electrons. The summed E-state index contributed by atoms with van der Waals surface area (Å²) >= 11 is 0. The minimum atomic E-state index is -1.13. The summed E-state index contributed by atoms with van der Waals surface area (Å²) in [6, 6.07) is 2.40. The number of esters is 2. The second-order valence-electron chi connectivity index (χ2n) is 6.81. The summed E-state index contributed by atoms with van der Waals surface area (Å²) in [6.07, 6.45) is 0.343. The summed E-state index contributed by atoms with van der Waals surface area (Å²) in [6.45, 7) is 6.11. The molecule has 0 saturated heterocycles. The van der Waals surface area contributed by atoms with Crippen LogP contribution in [0.4, 0.5) is 0 Å². The zero-order valence-corrected chi connectivity index (χ0v) is 16.4. The number of carbonyl (C=O) groups is 4. The van der Waals surface area contributed by atoms with Gasteiger partial charge in [-0.25, -0.2) is 4.79 Å². The molecule has 154 valence electrons. The van der Waals surface area contributed by atoms with Gasteiger partial charge in [-0.05, 0) is 36.5 Å². The molecule has 1 rings (SSSR count). The Morgan fingerprint density at radius 2 is 1.64 bits per heavy atom. The van der Waals surface area contributed by atoms with Gasteiger partial charge in [-0.2, -0.15) is 0 Å². The number of ether oxygens (including phenoxy) is 2. The van der Waals surface area contributed by atoms with Crippen LogP contribution in [-0.2, 0) is 25.6 Å². The summed E-state index contributed by atoms with van der Waals surface area (Å²) in [5, 5.41) is 11.7. The average Bonchev–Trinajstić information content (AvgIpc) is 2.55. The van der Waals surface area contributed by atoms with Crippen LogP contribution >= 0.6 is 0 Å². The third-order valence-corrected chi connectivity index (χ3v) is 3.63. The van der Waals surface area contributed by atoms with Gasteiger partial charge >= 0.3 is 17.9 Å². The van der Waals surface area contributed by atoms with Crippen LogP contribution in [0.25, 0.3) is 0 Å². The van der Waals surface area contributed by atoms with Gasteiger partial charge in [-0.3, -0.25) is 14.4 Å². The molecule has 4 N–H and O–H groups in total. The van der Waals surface area contributed by atoms with Gasteiger partial charge < -0.3 is 25.6 Å². The quantitative estimate of drug-likeness (QED) is 0.416. The highest BCUT2D eigenvalue weighted by atomic mass is 16.6. The first-order valence-electron chi connectivity index (χ1n) is 8.78. The van der Waals surface area contributed by atoms with Gasteiger partial charge in [0.05, 0.1) is 6.04 Å². The van der Waals surface area contributed by atoms with Gasteiger partial charge in [0.1, 0.15) is 6.04 Å². The first-order valence-corrected chi connectivity index (χ1v) is 8.78. The molecule has 0 unspecified atom stereocenters. The highest BCUT2D eigenvalue weighted by Crippen LogP contribution is 2.29. The van der Waals surface area contributed by atoms with E-state index in [2.05, 4.69) is 5.32 Å². The van der Waals surface area contributed by atoms with E-state index in [0.717, 1.165) is 0 Å². The van der Waals surface area contributed by atoms with Crippen LogP contribution in [-0.4, -0.2) is 41.0 Å². The molecule has 9 nitrogen and oxygen atoms in total. The summed E-state index contributed by atoms with van der Waals surface area (Å²) in [5.41, 5.74) is 6.45. The van der Waals surface area contributed by atoms with Gasteiger partial charge in [-0.1, -0.05) is 19.9 Å². The third kappa shape index (κ3) is 7.75. The van der Waals surface area contributed by atoms with Crippen molar-refractivity contribution in [3.63, 3.8) is 0 Å². The van der Waals surface area contributed by atoms with E-state index in [1.165, 1.54) is 26.0 Å². The Morgan fingerprint density at radius 1 is 1.07 bits per heavy atom. The maximum Gasteiger partial charge on any atom is 0.326 e. The number of carbonyl (C=O) groups excluding carboxylic acids is 3. The fraction of sp³-hybridized carbons (Fsp3) is 0.474. The summed E-state index contributed by atoms with van der Waals surface area (Å²) in [5.74, 6) is -2.75. The van der Waals surface area contributed by atoms with Crippen molar-refractivity contribution in [1.82, 2.24) is 5.32 Å². The third-order valence-electron chi connectivity index (χ3n) is 3.63. The Bertz CT molecular complexity index is 746. The van der Waals surface area contributed by atoms with Gasteiger partial charge in [-0.15, -0.1) is 0 Å². The molecule has 9 heteroatoms. The fourth-order valence-electron chi connectivity index (χ4n) is 2.47. The van der Waals surface area contributed by atoms with E-state index < -0.39 is 35.9 Å². The predicted molar refractivity (Wildman–Crippen MR) is 99.8 cm³/mol. The predicted octanol–water partition coefficient (Wildman–Crippen LogP) is 1.02. The number of nitrogens with two attached hydrogens (primary N) is 1. The number of amides is 1. The molecule has 0 aliphatic heterocycles. The number of hydrogen-bond donors (Lipinski definition) is 3. The highest BCUT2D eigenvalue weighted by Gasteiger charge is 2.24. The highest BCUT2D eigenvalue weighted by molar-refractivity contribution is 5.87. The van der Waals surface area contributed by atoms with E-state index in [0.29, 0.717) is 5.56 Å². The Kier molecular flexibility index (Phi) is 8.59. The van der Waals surface area contributed by atoms with Crippen molar-refractivity contribution in [2.75, 3.05) is 0 Å². The Labute approximate surface area is 163 Å².